The van der Waals surface area contributed by atoms with E-state index in [0.29, 0.717) is 11.9 Å². The predicted octanol–water partition coefficient (Wildman–Crippen LogP) is 1.42. The summed E-state index contributed by atoms with van der Waals surface area (Å²) in [4.78, 5) is 13.8. The highest BCUT2D eigenvalue weighted by molar-refractivity contribution is 5.85. The van der Waals surface area contributed by atoms with E-state index < -0.39 is 0 Å². The van der Waals surface area contributed by atoms with Gasteiger partial charge in [0.25, 0.3) is 0 Å². The summed E-state index contributed by atoms with van der Waals surface area (Å²) in [7, 11) is 0. The van der Waals surface area contributed by atoms with Gasteiger partial charge in [0.2, 0.25) is 5.91 Å². The second kappa shape index (κ2) is 5.71. The smallest absolute Gasteiger partial charge is 0.222 e. The molecule has 0 aromatic carbocycles. The SMILES string of the molecule is CCCCC(=O)N1C[C@@H]2CCNC[C@@H]21.Cl. The van der Waals surface area contributed by atoms with Crippen LogP contribution in [0.4, 0.5) is 0 Å². The molecule has 0 aromatic heterocycles. The maximum absolute atomic E-state index is 11.7. The Morgan fingerprint density at radius 3 is 3.00 bits per heavy atom. The zero-order valence-corrected chi connectivity index (χ0v) is 10.2. The normalized spacial score (nSPS) is 28.7. The van der Waals surface area contributed by atoms with Crippen LogP contribution in [0.3, 0.4) is 0 Å². The summed E-state index contributed by atoms with van der Waals surface area (Å²) in [5.41, 5.74) is 0. The molecule has 2 aliphatic rings. The lowest BCUT2D eigenvalue weighted by molar-refractivity contribution is -0.145. The number of likely N-dealkylation sites (tertiary alicyclic amines) is 1. The maximum Gasteiger partial charge on any atom is 0.222 e. The predicted molar refractivity (Wildman–Crippen MR) is 63.3 cm³/mol. The van der Waals surface area contributed by atoms with Crippen molar-refractivity contribution in [2.75, 3.05) is 19.6 Å². The lowest BCUT2D eigenvalue weighted by Crippen LogP contribution is -2.65. The van der Waals surface area contributed by atoms with Crippen LogP contribution in [0.1, 0.15) is 32.6 Å². The average Bonchev–Trinajstić information content (AvgIpc) is 2.17. The number of amides is 1. The first-order chi connectivity index (χ1) is 6.83. The minimum Gasteiger partial charge on any atom is -0.338 e. The van der Waals surface area contributed by atoms with E-state index in [4.69, 9.17) is 0 Å². The number of carbonyl (C=O) groups excluding carboxylic acids is 1. The van der Waals surface area contributed by atoms with E-state index in [2.05, 4.69) is 17.1 Å². The summed E-state index contributed by atoms with van der Waals surface area (Å²) in [5.74, 6) is 1.17. The van der Waals surface area contributed by atoms with Crippen LogP contribution < -0.4 is 5.32 Å². The van der Waals surface area contributed by atoms with Crippen molar-refractivity contribution in [3.8, 4) is 0 Å². The van der Waals surface area contributed by atoms with Gasteiger partial charge in [0, 0.05) is 25.6 Å². The van der Waals surface area contributed by atoms with Gasteiger partial charge in [-0.2, -0.15) is 0 Å². The minimum atomic E-state index is 0. The number of halogens is 1. The minimum absolute atomic E-state index is 0. The van der Waals surface area contributed by atoms with E-state index in [9.17, 15) is 4.79 Å². The van der Waals surface area contributed by atoms with E-state index in [1.807, 2.05) is 0 Å². The molecule has 0 saturated carbocycles. The van der Waals surface area contributed by atoms with Crippen LogP contribution in [0.15, 0.2) is 0 Å². The number of piperidine rings is 1. The highest BCUT2D eigenvalue weighted by Crippen LogP contribution is 2.30. The highest BCUT2D eigenvalue weighted by atomic mass is 35.5. The zero-order valence-electron chi connectivity index (χ0n) is 9.37. The Kier molecular flexibility index (Phi) is 4.87. The van der Waals surface area contributed by atoms with Crippen molar-refractivity contribution in [2.45, 2.75) is 38.6 Å². The van der Waals surface area contributed by atoms with Crippen LogP contribution in [0.2, 0.25) is 0 Å². The summed E-state index contributed by atoms with van der Waals surface area (Å²) in [6.07, 6.45) is 4.16. The molecule has 0 unspecified atom stereocenters. The van der Waals surface area contributed by atoms with Crippen LogP contribution in [0, 0.1) is 5.92 Å². The molecule has 4 heteroatoms. The number of hydrogen-bond donors (Lipinski definition) is 1. The van der Waals surface area contributed by atoms with Crippen LogP contribution in [0.25, 0.3) is 0 Å². The number of fused-ring (bicyclic) bond motifs is 1. The van der Waals surface area contributed by atoms with Gasteiger partial charge in [-0.1, -0.05) is 13.3 Å². The third-order valence-corrected chi connectivity index (χ3v) is 3.49. The average molecular weight is 233 g/mol. The van der Waals surface area contributed by atoms with Crippen molar-refractivity contribution >= 4 is 18.3 Å². The quantitative estimate of drug-likeness (QED) is 0.798. The fourth-order valence-corrected chi connectivity index (χ4v) is 2.48. The summed E-state index contributed by atoms with van der Waals surface area (Å²) in [5, 5.41) is 3.36. The van der Waals surface area contributed by atoms with Gasteiger partial charge in [0.15, 0.2) is 0 Å². The Bertz CT molecular complexity index is 223. The Labute approximate surface area is 98.0 Å². The van der Waals surface area contributed by atoms with Crippen LogP contribution >= 0.6 is 12.4 Å². The molecule has 2 heterocycles. The number of rotatable bonds is 3. The van der Waals surface area contributed by atoms with Gasteiger partial charge in [-0.05, 0) is 25.3 Å². The van der Waals surface area contributed by atoms with Crippen molar-refractivity contribution in [1.82, 2.24) is 10.2 Å². The van der Waals surface area contributed by atoms with Gasteiger partial charge in [-0.25, -0.2) is 0 Å². The van der Waals surface area contributed by atoms with Crippen LogP contribution in [-0.4, -0.2) is 36.5 Å². The molecule has 2 rings (SSSR count). The van der Waals surface area contributed by atoms with Crippen molar-refractivity contribution in [1.29, 1.82) is 0 Å². The van der Waals surface area contributed by atoms with E-state index in [1.54, 1.807) is 0 Å². The number of unbranched alkanes of at least 4 members (excludes halogenated alkanes) is 1. The molecule has 0 aliphatic carbocycles. The van der Waals surface area contributed by atoms with Gasteiger partial charge in [0.05, 0.1) is 0 Å². The number of nitrogens with zero attached hydrogens (tertiary/aromatic N) is 1. The molecule has 0 radical (unpaired) electrons. The van der Waals surface area contributed by atoms with E-state index in [0.717, 1.165) is 44.8 Å². The fourth-order valence-electron chi connectivity index (χ4n) is 2.48. The molecule has 2 atom stereocenters. The fraction of sp³-hybridized carbons (Fsp3) is 0.909. The van der Waals surface area contributed by atoms with E-state index >= 15 is 0 Å². The molecule has 2 fully saturated rings. The highest BCUT2D eigenvalue weighted by Gasteiger charge is 2.42. The summed E-state index contributed by atoms with van der Waals surface area (Å²) < 4.78 is 0. The van der Waals surface area contributed by atoms with Gasteiger partial charge >= 0.3 is 0 Å². The van der Waals surface area contributed by atoms with E-state index in [-0.39, 0.29) is 12.4 Å². The monoisotopic (exact) mass is 232 g/mol. The maximum atomic E-state index is 11.7. The third-order valence-electron chi connectivity index (χ3n) is 3.49. The Hall–Kier alpha value is -0.280. The molecular weight excluding hydrogens is 212 g/mol. The Morgan fingerprint density at radius 1 is 1.53 bits per heavy atom. The molecule has 0 aromatic rings. The van der Waals surface area contributed by atoms with Crippen LogP contribution in [-0.2, 0) is 4.79 Å². The van der Waals surface area contributed by atoms with Crippen molar-refractivity contribution < 1.29 is 4.79 Å². The number of carbonyl (C=O) groups is 1. The summed E-state index contributed by atoms with van der Waals surface area (Å²) in [6.45, 7) is 5.31. The molecule has 1 N–H and O–H groups in total. The van der Waals surface area contributed by atoms with Crippen LogP contribution in [0.5, 0.6) is 0 Å². The van der Waals surface area contributed by atoms with Crippen molar-refractivity contribution in [3.63, 3.8) is 0 Å². The largest absolute Gasteiger partial charge is 0.338 e. The molecular formula is C11H21ClN2O. The van der Waals surface area contributed by atoms with Gasteiger partial charge in [0.1, 0.15) is 0 Å². The standard InChI is InChI=1S/C11H20N2O.ClH/c1-2-3-4-11(14)13-8-9-5-6-12-7-10(9)13;/h9-10,12H,2-8H2,1H3;1H/t9-,10-;/m0./s1. The van der Waals surface area contributed by atoms with Crippen molar-refractivity contribution in [3.05, 3.63) is 0 Å². The topological polar surface area (TPSA) is 32.3 Å². The molecule has 1 amide bonds. The summed E-state index contributed by atoms with van der Waals surface area (Å²) in [6, 6.07) is 0.521. The molecule has 2 saturated heterocycles. The first-order valence-electron chi connectivity index (χ1n) is 5.83. The second-order valence-corrected chi connectivity index (χ2v) is 4.47. The number of nitrogens with one attached hydrogen (secondary N) is 1. The molecule has 2 aliphatic heterocycles. The van der Waals surface area contributed by atoms with Gasteiger partial charge in [-0.3, -0.25) is 4.79 Å². The molecule has 88 valence electrons. The lowest BCUT2D eigenvalue weighted by Gasteiger charge is -2.51. The Balaban J connectivity index is 0.00000112. The number of hydrogen-bond acceptors (Lipinski definition) is 2. The van der Waals surface area contributed by atoms with Gasteiger partial charge < -0.3 is 10.2 Å². The van der Waals surface area contributed by atoms with Crippen molar-refractivity contribution in [2.24, 2.45) is 5.92 Å². The first kappa shape index (κ1) is 12.8. The second-order valence-electron chi connectivity index (χ2n) is 4.47. The third kappa shape index (κ3) is 2.64. The molecule has 0 bridgehead atoms. The van der Waals surface area contributed by atoms with E-state index in [1.165, 1.54) is 6.42 Å². The zero-order chi connectivity index (χ0) is 9.97. The Morgan fingerprint density at radius 2 is 2.33 bits per heavy atom. The van der Waals surface area contributed by atoms with Gasteiger partial charge in [-0.15, -0.1) is 12.4 Å². The summed E-state index contributed by atoms with van der Waals surface area (Å²) >= 11 is 0. The molecule has 3 nitrogen and oxygen atoms in total. The molecule has 0 spiro atoms. The lowest BCUT2D eigenvalue weighted by atomic mass is 9.83. The first-order valence-corrected chi connectivity index (χ1v) is 5.83. The molecule has 15 heavy (non-hydrogen) atoms.